The van der Waals surface area contributed by atoms with Crippen LogP contribution >= 0.6 is 0 Å². The fourth-order valence-electron chi connectivity index (χ4n) is 2.72. The van der Waals surface area contributed by atoms with Crippen LogP contribution in [-0.4, -0.2) is 16.2 Å². The van der Waals surface area contributed by atoms with Gasteiger partial charge in [-0.25, -0.2) is 4.79 Å². The van der Waals surface area contributed by atoms with E-state index in [-0.39, 0.29) is 5.56 Å². The lowest BCUT2D eigenvalue weighted by atomic mass is 9.79. The molecule has 0 heterocycles. The molecule has 0 saturated heterocycles. The monoisotopic (exact) mass is 317 g/mol. The zero-order chi connectivity index (χ0) is 17.2. The number of carboxylic acids is 1. The molecule has 1 saturated carbocycles. The maximum Gasteiger partial charge on any atom is 0.335 e. The Hall–Kier alpha value is -3.08. The molecule has 0 aromatic heterocycles. The molecular weight excluding hydrogens is 302 g/mol. The van der Waals surface area contributed by atoms with E-state index in [9.17, 15) is 15.2 Å². The van der Waals surface area contributed by atoms with Gasteiger partial charge in [0.25, 0.3) is 0 Å². The van der Waals surface area contributed by atoms with Crippen molar-refractivity contribution in [2.24, 2.45) is 5.41 Å². The van der Waals surface area contributed by atoms with Crippen LogP contribution in [0.3, 0.4) is 0 Å². The van der Waals surface area contributed by atoms with Gasteiger partial charge in [-0.1, -0.05) is 48.2 Å². The smallest absolute Gasteiger partial charge is 0.335 e. The van der Waals surface area contributed by atoms with Crippen LogP contribution in [0.4, 0.5) is 0 Å². The molecule has 0 amide bonds. The number of carbonyl (C=O) groups is 1. The highest BCUT2D eigenvalue weighted by Crippen LogP contribution is 2.57. The number of hydrogen-bond donors (Lipinski definition) is 2. The van der Waals surface area contributed by atoms with Crippen molar-refractivity contribution in [3.05, 3.63) is 71.3 Å². The minimum atomic E-state index is -1.58. The van der Waals surface area contributed by atoms with Crippen molar-refractivity contribution < 1.29 is 15.0 Å². The van der Waals surface area contributed by atoms with E-state index in [4.69, 9.17) is 5.11 Å². The topological polar surface area (TPSA) is 81.3 Å². The molecule has 2 N–H and O–H groups in total. The van der Waals surface area contributed by atoms with Crippen molar-refractivity contribution in [1.29, 1.82) is 5.26 Å². The van der Waals surface area contributed by atoms with E-state index in [1.807, 2.05) is 6.07 Å². The number of benzene rings is 2. The number of nitriles is 1. The zero-order valence-corrected chi connectivity index (χ0v) is 12.9. The van der Waals surface area contributed by atoms with E-state index in [0.29, 0.717) is 24.0 Å². The Bertz CT molecular complexity index is 882. The predicted molar refractivity (Wildman–Crippen MR) is 87.9 cm³/mol. The third-order valence-electron chi connectivity index (χ3n) is 4.35. The summed E-state index contributed by atoms with van der Waals surface area (Å²) in [5.41, 5.74) is -1.30. The van der Waals surface area contributed by atoms with Crippen LogP contribution in [0.25, 0.3) is 0 Å². The molecule has 118 valence electrons. The highest BCUT2D eigenvalue weighted by atomic mass is 16.4. The SMILES string of the molecule is N#CC1([C@](O)(C#Cc2cccc(C(=O)O)c2)c2ccccc2)CC1. The Labute approximate surface area is 140 Å². The second kappa shape index (κ2) is 5.85. The van der Waals surface area contributed by atoms with Gasteiger partial charge in [0.05, 0.1) is 11.6 Å². The number of carboxylic acid groups (broad SMARTS) is 1. The van der Waals surface area contributed by atoms with Crippen LogP contribution in [0.2, 0.25) is 0 Å². The quantitative estimate of drug-likeness (QED) is 0.853. The average molecular weight is 317 g/mol. The number of aromatic carboxylic acids is 1. The van der Waals surface area contributed by atoms with Gasteiger partial charge in [0, 0.05) is 5.56 Å². The summed E-state index contributed by atoms with van der Waals surface area (Å²) in [6.07, 6.45) is 1.16. The van der Waals surface area contributed by atoms with Crippen molar-refractivity contribution in [2.75, 3.05) is 0 Å². The first kappa shape index (κ1) is 15.8. The Morgan fingerprint density at radius 1 is 1.12 bits per heavy atom. The molecule has 1 fully saturated rings. The molecule has 3 rings (SSSR count). The van der Waals surface area contributed by atoms with E-state index in [1.54, 1.807) is 36.4 Å². The van der Waals surface area contributed by atoms with Crippen molar-refractivity contribution >= 4 is 5.97 Å². The van der Waals surface area contributed by atoms with Gasteiger partial charge in [-0.05, 0) is 36.6 Å². The van der Waals surface area contributed by atoms with E-state index >= 15 is 0 Å². The summed E-state index contributed by atoms with van der Waals surface area (Å²) in [4.78, 5) is 11.1. The molecule has 0 spiro atoms. The molecule has 4 heteroatoms. The molecule has 2 aromatic rings. The first-order chi connectivity index (χ1) is 11.5. The van der Waals surface area contributed by atoms with Gasteiger partial charge in [-0.15, -0.1) is 0 Å². The minimum Gasteiger partial charge on any atom is -0.478 e. The van der Waals surface area contributed by atoms with Gasteiger partial charge in [-0.3, -0.25) is 0 Å². The van der Waals surface area contributed by atoms with E-state index in [0.717, 1.165) is 0 Å². The lowest BCUT2D eigenvalue weighted by Crippen LogP contribution is -2.34. The molecule has 1 atom stereocenters. The lowest BCUT2D eigenvalue weighted by molar-refractivity contribution is 0.0456. The van der Waals surface area contributed by atoms with Crippen molar-refractivity contribution in [1.82, 2.24) is 0 Å². The fraction of sp³-hybridized carbons (Fsp3) is 0.200. The van der Waals surface area contributed by atoms with Crippen LogP contribution in [0, 0.1) is 28.6 Å². The average Bonchev–Trinajstić information content (AvgIpc) is 3.42. The number of aliphatic hydroxyl groups is 1. The maximum absolute atomic E-state index is 11.2. The van der Waals surface area contributed by atoms with E-state index in [2.05, 4.69) is 17.9 Å². The third-order valence-corrected chi connectivity index (χ3v) is 4.35. The van der Waals surface area contributed by atoms with Crippen LogP contribution in [0.1, 0.15) is 34.3 Å². The summed E-state index contributed by atoms with van der Waals surface area (Å²) in [7, 11) is 0. The van der Waals surface area contributed by atoms with Crippen molar-refractivity contribution in [3.63, 3.8) is 0 Å². The van der Waals surface area contributed by atoms with Gasteiger partial charge in [0.1, 0.15) is 5.41 Å². The molecular formula is C20H15NO3. The molecule has 1 aliphatic carbocycles. The van der Waals surface area contributed by atoms with Crippen LogP contribution in [-0.2, 0) is 5.60 Å². The summed E-state index contributed by atoms with van der Waals surface area (Å²) in [5.74, 6) is 4.65. The molecule has 2 aromatic carbocycles. The summed E-state index contributed by atoms with van der Waals surface area (Å²) < 4.78 is 0. The van der Waals surface area contributed by atoms with Gasteiger partial charge in [-0.2, -0.15) is 5.26 Å². The maximum atomic E-state index is 11.2. The van der Waals surface area contributed by atoms with Gasteiger partial charge < -0.3 is 10.2 Å². The predicted octanol–water partition coefficient (Wildman–Crippen LogP) is 2.93. The Kier molecular flexibility index (Phi) is 3.85. The molecule has 0 aliphatic heterocycles. The lowest BCUT2D eigenvalue weighted by Gasteiger charge is -2.27. The van der Waals surface area contributed by atoms with Crippen molar-refractivity contribution in [2.45, 2.75) is 18.4 Å². The highest BCUT2D eigenvalue weighted by Gasteiger charge is 2.60. The molecule has 1 aliphatic rings. The Morgan fingerprint density at radius 3 is 2.42 bits per heavy atom. The normalized spacial score (nSPS) is 16.8. The fourth-order valence-corrected chi connectivity index (χ4v) is 2.72. The first-order valence-corrected chi connectivity index (χ1v) is 7.56. The van der Waals surface area contributed by atoms with Crippen LogP contribution in [0.5, 0.6) is 0 Å². The molecule has 24 heavy (non-hydrogen) atoms. The second-order valence-electron chi connectivity index (χ2n) is 5.91. The molecule has 0 bridgehead atoms. The number of hydrogen-bond acceptors (Lipinski definition) is 3. The largest absolute Gasteiger partial charge is 0.478 e. The minimum absolute atomic E-state index is 0.131. The van der Waals surface area contributed by atoms with Gasteiger partial charge in [0.2, 0.25) is 0 Å². The first-order valence-electron chi connectivity index (χ1n) is 7.56. The van der Waals surface area contributed by atoms with Crippen molar-refractivity contribution in [3.8, 4) is 17.9 Å². The van der Waals surface area contributed by atoms with Crippen LogP contribution < -0.4 is 0 Å². The summed E-state index contributed by atoms with van der Waals surface area (Å²) >= 11 is 0. The third kappa shape index (κ3) is 2.65. The molecule has 0 radical (unpaired) electrons. The molecule has 0 unspecified atom stereocenters. The summed E-state index contributed by atoms with van der Waals surface area (Å²) in [6.45, 7) is 0. The highest BCUT2D eigenvalue weighted by molar-refractivity contribution is 5.88. The zero-order valence-electron chi connectivity index (χ0n) is 12.9. The van der Waals surface area contributed by atoms with E-state index < -0.39 is 17.0 Å². The van der Waals surface area contributed by atoms with E-state index in [1.165, 1.54) is 12.1 Å². The Morgan fingerprint density at radius 2 is 1.83 bits per heavy atom. The number of nitrogens with zero attached hydrogens (tertiary/aromatic N) is 1. The summed E-state index contributed by atoms with van der Waals surface area (Å²) in [5, 5.41) is 29.8. The Balaban J connectivity index is 2.06. The molecule has 4 nitrogen and oxygen atoms in total. The van der Waals surface area contributed by atoms with Gasteiger partial charge >= 0.3 is 5.97 Å². The van der Waals surface area contributed by atoms with Crippen LogP contribution in [0.15, 0.2) is 54.6 Å². The number of rotatable bonds is 3. The second-order valence-corrected chi connectivity index (χ2v) is 5.91. The summed E-state index contributed by atoms with van der Waals surface area (Å²) in [6, 6.07) is 17.3. The standard InChI is InChI=1S/C20H15NO3/c21-14-19(11-12-19)20(24,17-7-2-1-3-8-17)10-9-15-5-4-6-16(13-15)18(22)23/h1-8,13,24H,11-12H2,(H,22,23)/t20-/m0/s1. The van der Waals surface area contributed by atoms with Gasteiger partial charge in [0.15, 0.2) is 5.60 Å².